The quantitative estimate of drug-likeness (QED) is 0.264. The van der Waals surface area contributed by atoms with Crippen LogP contribution < -0.4 is 10.1 Å². The Labute approximate surface area is 225 Å². The second-order valence-corrected chi connectivity index (χ2v) is 9.46. The van der Waals surface area contributed by atoms with Crippen molar-refractivity contribution >= 4 is 23.5 Å². The van der Waals surface area contributed by atoms with Crippen LogP contribution in [0.25, 0.3) is 11.3 Å². The third-order valence-electron chi connectivity index (χ3n) is 6.48. The van der Waals surface area contributed by atoms with Crippen molar-refractivity contribution in [1.82, 2.24) is 20.2 Å². The van der Waals surface area contributed by atoms with E-state index in [2.05, 4.69) is 10.3 Å². The summed E-state index contributed by atoms with van der Waals surface area (Å²) < 4.78 is 5.41. The Balaban J connectivity index is 1.48. The molecule has 38 heavy (non-hydrogen) atoms. The van der Waals surface area contributed by atoms with Crippen molar-refractivity contribution in [3.05, 3.63) is 107 Å². The summed E-state index contributed by atoms with van der Waals surface area (Å²) in [5.41, 5.74) is 4.06. The van der Waals surface area contributed by atoms with E-state index in [0.717, 1.165) is 22.5 Å². The van der Waals surface area contributed by atoms with Crippen LogP contribution >= 0.6 is 11.6 Å². The van der Waals surface area contributed by atoms with Crippen molar-refractivity contribution in [2.75, 3.05) is 13.2 Å². The van der Waals surface area contributed by atoms with E-state index in [1.807, 2.05) is 49.4 Å². The van der Waals surface area contributed by atoms with E-state index in [0.29, 0.717) is 28.6 Å². The Morgan fingerprint density at radius 2 is 1.74 bits per heavy atom. The minimum Gasteiger partial charge on any atom is -0.491 e. The molecule has 1 aromatic heterocycles. The lowest BCUT2D eigenvalue weighted by molar-refractivity contribution is -0.129. The maximum absolute atomic E-state index is 13.7. The number of aromatic nitrogens is 2. The van der Waals surface area contributed by atoms with Gasteiger partial charge in [0.2, 0.25) is 0 Å². The van der Waals surface area contributed by atoms with Gasteiger partial charge in [-0.1, -0.05) is 66.2 Å². The molecule has 8 nitrogen and oxygen atoms in total. The topological polar surface area (TPSA) is 108 Å². The molecule has 3 amide bonds. The van der Waals surface area contributed by atoms with E-state index in [-0.39, 0.29) is 19.1 Å². The van der Waals surface area contributed by atoms with E-state index in [9.17, 15) is 9.59 Å². The van der Waals surface area contributed by atoms with Crippen molar-refractivity contribution < 1.29 is 19.4 Å². The molecular weight excluding hydrogens is 504 g/mol. The van der Waals surface area contributed by atoms with Gasteiger partial charge >= 0.3 is 6.03 Å². The molecule has 4 aromatic rings. The number of benzene rings is 3. The summed E-state index contributed by atoms with van der Waals surface area (Å²) in [6.07, 6.45) is 0.396. The molecule has 0 spiro atoms. The van der Waals surface area contributed by atoms with Gasteiger partial charge in [0.05, 0.1) is 18.0 Å². The maximum atomic E-state index is 13.7. The van der Waals surface area contributed by atoms with Crippen molar-refractivity contribution in [2.24, 2.45) is 0 Å². The zero-order valence-electron chi connectivity index (χ0n) is 20.7. The number of aromatic amines is 1. The van der Waals surface area contributed by atoms with Gasteiger partial charge in [0.15, 0.2) is 0 Å². The van der Waals surface area contributed by atoms with Gasteiger partial charge in [-0.2, -0.15) is 0 Å². The average molecular weight is 531 g/mol. The first-order chi connectivity index (χ1) is 18.4. The monoisotopic (exact) mass is 530 g/mol. The van der Waals surface area contributed by atoms with Crippen molar-refractivity contribution in [3.63, 3.8) is 0 Å². The standard InChI is InChI=1S/C29H27ClN4O4/c1-18-25(20-7-11-22(30)12-8-20)32-27(31-18)24(17-19-5-3-2-4-6-19)34-28(36)26(33-29(34)37)21-9-13-23(14-10-21)38-16-15-35/h2-14,24,26,35H,15-17H2,1H3,(H,31,32)(H,33,37)/t24-,26?/m0/s1. The molecule has 0 bridgehead atoms. The Hall–Kier alpha value is -4.14. The molecule has 9 heteroatoms. The molecule has 3 N–H and O–H groups in total. The van der Waals surface area contributed by atoms with Crippen LogP contribution in [0.15, 0.2) is 78.9 Å². The number of urea groups is 1. The Bertz CT molecular complexity index is 1420. The van der Waals surface area contributed by atoms with E-state index in [1.54, 1.807) is 36.4 Å². The number of carbonyl (C=O) groups is 2. The zero-order chi connectivity index (χ0) is 26.6. The first-order valence-electron chi connectivity index (χ1n) is 12.3. The molecule has 0 saturated carbocycles. The normalized spacial score (nSPS) is 16.0. The molecular formula is C29H27ClN4O4. The Morgan fingerprint density at radius 3 is 2.42 bits per heavy atom. The minimum absolute atomic E-state index is 0.0946. The van der Waals surface area contributed by atoms with Crippen LogP contribution in [0.2, 0.25) is 5.02 Å². The number of ether oxygens (including phenoxy) is 1. The molecule has 1 aliphatic rings. The smallest absolute Gasteiger partial charge is 0.325 e. The van der Waals surface area contributed by atoms with Crippen molar-refractivity contribution in [1.29, 1.82) is 0 Å². The number of carbonyl (C=O) groups excluding carboxylic acids is 2. The first-order valence-corrected chi connectivity index (χ1v) is 12.7. The summed E-state index contributed by atoms with van der Waals surface area (Å²) in [5, 5.41) is 12.4. The fourth-order valence-electron chi connectivity index (χ4n) is 4.62. The van der Waals surface area contributed by atoms with Gasteiger partial charge in [-0.3, -0.25) is 9.69 Å². The molecule has 1 fully saturated rings. The molecule has 5 rings (SSSR count). The van der Waals surface area contributed by atoms with Gasteiger partial charge < -0.3 is 20.1 Å². The lowest BCUT2D eigenvalue weighted by Crippen LogP contribution is -2.36. The summed E-state index contributed by atoms with van der Waals surface area (Å²) >= 11 is 6.07. The van der Waals surface area contributed by atoms with Gasteiger partial charge in [-0.05, 0) is 47.9 Å². The van der Waals surface area contributed by atoms with E-state index >= 15 is 0 Å². The number of amides is 3. The first kappa shape index (κ1) is 25.5. The molecule has 0 aliphatic carbocycles. The van der Waals surface area contributed by atoms with E-state index < -0.39 is 18.1 Å². The number of nitrogens with zero attached hydrogens (tertiary/aromatic N) is 2. The minimum atomic E-state index is -0.834. The summed E-state index contributed by atoms with van der Waals surface area (Å²) in [6, 6.07) is 22.0. The highest BCUT2D eigenvalue weighted by molar-refractivity contribution is 6.30. The molecule has 1 unspecified atom stereocenters. The SMILES string of the molecule is Cc1nc([C@H](Cc2ccccc2)N2C(=O)NC(c3ccc(OCCO)cc3)C2=O)[nH]c1-c1ccc(Cl)cc1. The highest BCUT2D eigenvalue weighted by atomic mass is 35.5. The van der Waals surface area contributed by atoms with Crippen LogP contribution in [0.3, 0.4) is 0 Å². The third-order valence-corrected chi connectivity index (χ3v) is 6.73. The van der Waals surface area contributed by atoms with Crippen LogP contribution in [-0.2, 0) is 11.2 Å². The summed E-state index contributed by atoms with van der Waals surface area (Å²) in [5.74, 6) is 0.731. The maximum Gasteiger partial charge on any atom is 0.325 e. The molecule has 0 radical (unpaired) electrons. The van der Waals surface area contributed by atoms with E-state index in [1.165, 1.54) is 4.90 Å². The van der Waals surface area contributed by atoms with Crippen molar-refractivity contribution in [3.8, 4) is 17.0 Å². The number of imide groups is 1. The van der Waals surface area contributed by atoms with Gasteiger partial charge in [0.25, 0.3) is 5.91 Å². The molecule has 194 valence electrons. The summed E-state index contributed by atoms with van der Waals surface area (Å²) in [6.45, 7) is 1.97. The fourth-order valence-corrected chi connectivity index (χ4v) is 4.75. The number of aliphatic hydroxyl groups is 1. The predicted octanol–water partition coefficient (Wildman–Crippen LogP) is 4.99. The summed E-state index contributed by atoms with van der Waals surface area (Å²) in [4.78, 5) is 36.4. The third kappa shape index (κ3) is 5.27. The number of aryl methyl sites for hydroxylation is 1. The number of rotatable bonds is 9. The van der Waals surface area contributed by atoms with Gasteiger partial charge in [-0.25, -0.2) is 9.78 Å². The molecule has 2 heterocycles. The van der Waals surface area contributed by atoms with E-state index in [4.69, 9.17) is 26.4 Å². The number of hydrogen-bond donors (Lipinski definition) is 3. The van der Waals surface area contributed by atoms with Gasteiger partial charge in [0.1, 0.15) is 30.3 Å². The molecule has 2 atom stereocenters. The number of aliphatic hydroxyl groups excluding tert-OH is 1. The van der Waals surface area contributed by atoms with Crippen LogP contribution in [0.5, 0.6) is 5.75 Å². The van der Waals surface area contributed by atoms with Crippen molar-refractivity contribution in [2.45, 2.75) is 25.4 Å². The zero-order valence-corrected chi connectivity index (χ0v) is 21.5. The second-order valence-electron chi connectivity index (χ2n) is 9.03. The number of nitrogens with one attached hydrogen (secondary N) is 2. The van der Waals surface area contributed by atoms with Crippen LogP contribution in [0, 0.1) is 6.92 Å². The number of halogens is 1. The summed E-state index contributed by atoms with van der Waals surface area (Å²) in [7, 11) is 0. The van der Waals surface area contributed by atoms with Crippen LogP contribution in [0.4, 0.5) is 4.79 Å². The predicted molar refractivity (Wildman–Crippen MR) is 144 cm³/mol. The largest absolute Gasteiger partial charge is 0.491 e. The van der Waals surface area contributed by atoms with Gasteiger partial charge in [-0.15, -0.1) is 0 Å². The Kier molecular flexibility index (Phi) is 7.44. The van der Waals surface area contributed by atoms with Crippen LogP contribution in [-0.4, -0.2) is 45.1 Å². The molecule has 3 aromatic carbocycles. The van der Waals surface area contributed by atoms with Gasteiger partial charge in [0, 0.05) is 11.4 Å². The Morgan fingerprint density at radius 1 is 1.03 bits per heavy atom. The number of hydrogen-bond acceptors (Lipinski definition) is 5. The lowest BCUT2D eigenvalue weighted by atomic mass is 10.0. The fraction of sp³-hybridized carbons (Fsp3) is 0.207. The molecule has 1 aliphatic heterocycles. The number of H-pyrrole nitrogens is 1. The highest BCUT2D eigenvalue weighted by Gasteiger charge is 2.44. The molecule has 1 saturated heterocycles. The van der Waals surface area contributed by atoms with Crippen LogP contribution in [0.1, 0.15) is 34.7 Å². The highest BCUT2D eigenvalue weighted by Crippen LogP contribution is 2.34. The number of imidazole rings is 1. The second kappa shape index (κ2) is 11.1. The lowest BCUT2D eigenvalue weighted by Gasteiger charge is -2.24. The average Bonchev–Trinajstić information content (AvgIpc) is 3.46.